The lowest BCUT2D eigenvalue weighted by atomic mass is 9.98. The molecule has 5 N–H and O–H groups in total. The maximum atomic E-state index is 13.2. The topological polar surface area (TPSA) is 145 Å². The van der Waals surface area contributed by atoms with Gasteiger partial charge in [0.15, 0.2) is 6.23 Å². The Kier molecular flexibility index (Phi) is 4.01. The Morgan fingerprint density at radius 2 is 1.90 bits per heavy atom. The molecule has 0 spiro atoms. The fourth-order valence-corrected chi connectivity index (χ4v) is 1.96. The number of aliphatic hydroxyl groups is 4. The fourth-order valence-electron chi connectivity index (χ4n) is 1.96. The number of aliphatic hydroxyl groups excluding tert-OH is 4. The molecule has 1 aliphatic rings. The zero-order chi connectivity index (χ0) is 15.0. The van der Waals surface area contributed by atoms with Gasteiger partial charge in [0.1, 0.15) is 24.4 Å². The standard InChI is InChI=1S/C10H13FN2O7/c11-3-1-13(10(19)12-8(3)18)9-7(17)6(16)5(15)4(2-14)20-9/h1,4-7,9,14-17H,2H2,(H,12,18,19)/t4-,5-,6+,7-,9?/m1/s1. The van der Waals surface area contributed by atoms with Gasteiger partial charge in [-0.05, 0) is 0 Å². The summed E-state index contributed by atoms with van der Waals surface area (Å²) in [4.78, 5) is 24.1. The van der Waals surface area contributed by atoms with Crippen LogP contribution in [-0.2, 0) is 4.74 Å². The lowest BCUT2D eigenvalue weighted by molar-refractivity contribution is -0.252. The average Bonchev–Trinajstić information content (AvgIpc) is 2.41. The number of H-pyrrole nitrogens is 1. The lowest BCUT2D eigenvalue weighted by Crippen LogP contribution is -2.58. The molecule has 20 heavy (non-hydrogen) atoms. The van der Waals surface area contributed by atoms with Crippen LogP contribution in [-0.4, -0.2) is 61.0 Å². The van der Waals surface area contributed by atoms with E-state index in [0.29, 0.717) is 10.8 Å². The molecule has 1 aromatic heterocycles. The van der Waals surface area contributed by atoms with E-state index < -0.39 is 54.3 Å². The van der Waals surface area contributed by atoms with Crippen molar-refractivity contribution in [3.05, 3.63) is 32.9 Å². The van der Waals surface area contributed by atoms with Gasteiger partial charge in [-0.15, -0.1) is 0 Å². The van der Waals surface area contributed by atoms with Crippen molar-refractivity contribution in [1.29, 1.82) is 0 Å². The van der Waals surface area contributed by atoms with Gasteiger partial charge in [-0.3, -0.25) is 14.3 Å². The Hall–Kier alpha value is -1.59. The van der Waals surface area contributed by atoms with Crippen LogP contribution in [0.25, 0.3) is 0 Å². The number of nitrogens with one attached hydrogen (secondary N) is 1. The van der Waals surface area contributed by atoms with Gasteiger partial charge >= 0.3 is 5.69 Å². The number of hydrogen-bond donors (Lipinski definition) is 5. The van der Waals surface area contributed by atoms with Crippen molar-refractivity contribution in [3.8, 4) is 0 Å². The van der Waals surface area contributed by atoms with Gasteiger partial charge in [0.2, 0.25) is 5.82 Å². The molecule has 0 saturated carbocycles. The van der Waals surface area contributed by atoms with Gasteiger partial charge in [0.25, 0.3) is 5.56 Å². The molecule has 1 unspecified atom stereocenters. The van der Waals surface area contributed by atoms with Crippen LogP contribution in [0.2, 0.25) is 0 Å². The van der Waals surface area contributed by atoms with E-state index in [0.717, 1.165) is 0 Å². The quantitative estimate of drug-likeness (QED) is 0.383. The van der Waals surface area contributed by atoms with Gasteiger partial charge in [-0.25, -0.2) is 4.79 Å². The Morgan fingerprint density at radius 3 is 2.50 bits per heavy atom. The molecule has 9 nitrogen and oxygen atoms in total. The van der Waals surface area contributed by atoms with Gasteiger partial charge in [-0.2, -0.15) is 4.39 Å². The number of nitrogens with zero attached hydrogens (tertiary/aromatic N) is 1. The largest absolute Gasteiger partial charge is 0.394 e. The highest BCUT2D eigenvalue weighted by molar-refractivity contribution is 4.95. The molecule has 0 aromatic carbocycles. The van der Waals surface area contributed by atoms with E-state index in [1.807, 2.05) is 0 Å². The zero-order valence-electron chi connectivity index (χ0n) is 10.0. The average molecular weight is 292 g/mol. The van der Waals surface area contributed by atoms with E-state index in [1.54, 1.807) is 4.98 Å². The van der Waals surface area contributed by atoms with Crippen LogP contribution in [0.15, 0.2) is 15.8 Å². The number of ether oxygens (including phenoxy) is 1. The summed E-state index contributed by atoms with van der Waals surface area (Å²) in [6, 6.07) is 0. The third-order valence-electron chi connectivity index (χ3n) is 3.07. The van der Waals surface area contributed by atoms with Crippen LogP contribution in [0.3, 0.4) is 0 Å². The van der Waals surface area contributed by atoms with Crippen molar-refractivity contribution in [2.45, 2.75) is 30.6 Å². The van der Waals surface area contributed by atoms with Gasteiger partial charge in [-0.1, -0.05) is 0 Å². The molecule has 1 aromatic rings. The summed E-state index contributed by atoms with van der Waals surface area (Å²) in [7, 11) is 0. The first-order chi connectivity index (χ1) is 9.36. The van der Waals surface area contributed by atoms with Crippen molar-refractivity contribution in [3.63, 3.8) is 0 Å². The molecule has 1 aliphatic heterocycles. The van der Waals surface area contributed by atoms with Crippen LogP contribution in [0.1, 0.15) is 6.23 Å². The van der Waals surface area contributed by atoms with E-state index >= 15 is 0 Å². The predicted molar refractivity (Wildman–Crippen MR) is 60.3 cm³/mol. The first kappa shape index (κ1) is 14.8. The monoisotopic (exact) mass is 292 g/mol. The lowest BCUT2D eigenvalue weighted by Gasteiger charge is -2.40. The van der Waals surface area contributed by atoms with Crippen molar-refractivity contribution < 1.29 is 29.6 Å². The van der Waals surface area contributed by atoms with E-state index in [4.69, 9.17) is 9.84 Å². The zero-order valence-corrected chi connectivity index (χ0v) is 10.0. The minimum atomic E-state index is -1.75. The highest BCUT2D eigenvalue weighted by Crippen LogP contribution is 2.27. The molecule has 10 heteroatoms. The number of aromatic nitrogens is 2. The molecule has 0 bridgehead atoms. The summed E-state index contributed by atoms with van der Waals surface area (Å²) in [6.07, 6.45) is -7.38. The van der Waals surface area contributed by atoms with Crippen molar-refractivity contribution in [2.24, 2.45) is 0 Å². The van der Waals surface area contributed by atoms with Gasteiger partial charge in [0.05, 0.1) is 12.8 Å². The summed E-state index contributed by atoms with van der Waals surface area (Å²) < 4.78 is 18.8. The minimum absolute atomic E-state index is 0.508. The molecule has 2 heterocycles. The first-order valence-electron chi connectivity index (χ1n) is 5.68. The molecule has 0 radical (unpaired) electrons. The molecule has 0 amide bonds. The first-order valence-corrected chi connectivity index (χ1v) is 5.68. The minimum Gasteiger partial charge on any atom is -0.394 e. The summed E-state index contributed by atoms with van der Waals surface area (Å²) in [6.45, 7) is -0.692. The Bertz CT molecular complexity index is 598. The highest BCUT2D eigenvalue weighted by Gasteiger charge is 2.44. The molecule has 0 aliphatic carbocycles. The van der Waals surface area contributed by atoms with E-state index in [2.05, 4.69) is 0 Å². The Balaban J connectivity index is 2.44. The Morgan fingerprint density at radius 1 is 1.25 bits per heavy atom. The molecule has 5 atom stereocenters. The van der Waals surface area contributed by atoms with Crippen molar-refractivity contribution >= 4 is 0 Å². The van der Waals surface area contributed by atoms with E-state index in [9.17, 15) is 29.3 Å². The number of rotatable bonds is 2. The molecule has 112 valence electrons. The van der Waals surface area contributed by atoms with Crippen LogP contribution in [0, 0.1) is 5.82 Å². The van der Waals surface area contributed by atoms with Crippen LogP contribution < -0.4 is 11.2 Å². The summed E-state index contributed by atoms with van der Waals surface area (Å²) in [5, 5.41) is 37.9. The predicted octanol–water partition coefficient (Wildman–Crippen LogP) is -3.35. The molecular weight excluding hydrogens is 279 g/mol. The number of hydrogen-bond acceptors (Lipinski definition) is 7. The third-order valence-corrected chi connectivity index (χ3v) is 3.07. The third kappa shape index (κ3) is 2.39. The molecular formula is C10H13FN2O7. The maximum absolute atomic E-state index is 13.2. The second-order valence-corrected chi connectivity index (χ2v) is 4.36. The molecule has 2 rings (SSSR count). The van der Waals surface area contributed by atoms with Crippen molar-refractivity contribution in [1.82, 2.24) is 9.55 Å². The van der Waals surface area contributed by atoms with Crippen LogP contribution in [0.5, 0.6) is 0 Å². The highest BCUT2D eigenvalue weighted by atomic mass is 19.1. The second kappa shape index (κ2) is 5.42. The summed E-state index contributed by atoms with van der Waals surface area (Å²) >= 11 is 0. The van der Waals surface area contributed by atoms with Gasteiger partial charge < -0.3 is 25.2 Å². The number of halogens is 1. The van der Waals surface area contributed by atoms with E-state index in [1.165, 1.54) is 0 Å². The SMILES string of the molecule is O=c1[nH]c(=O)n(C2O[C@H](CO)[C@@H](O)[C@H](O)[C@H]2O)cc1F. The smallest absolute Gasteiger partial charge is 0.330 e. The Labute approximate surface area is 110 Å². The summed E-state index contributed by atoms with van der Waals surface area (Å²) in [5.41, 5.74) is -2.31. The van der Waals surface area contributed by atoms with Gasteiger partial charge in [0, 0.05) is 0 Å². The second-order valence-electron chi connectivity index (χ2n) is 4.36. The molecule has 1 saturated heterocycles. The fraction of sp³-hybridized carbons (Fsp3) is 0.600. The van der Waals surface area contributed by atoms with Crippen molar-refractivity contribution in [2.75, 3.05) is 6.61 Å². The van der Waals surface area contributed by atoms with E-state index in [-0.39, 0.29) is 0 Å². The summed E-state index contributed by atoms with van der Waals surface area (Å²) in [5.74, 6) is -1.29. The van der Waals surface area contributed by atoms with Crippen LogP contribution >= 0.6 is 0 Å². The van der Waals surface area contributed by atoms with Crippen LogP contribution in [0.4, 0.5) is 4.39 Å². The maximum Gasteiger partial charge on any atom is 0.330 e. The normalized spacial score (nSPS) is 34.1. The molecule has 1 fully saturated rings. The number of aromatic amines is 1.